The Morgan fingerprint density at radius 2 is 2.00 bits per heavy atom. The largest absolute Gasteiger partial charge is 0.469 e. The molecule has 3 heterocycles. The molecule has 1 aliphatic heterocycles. The van der Waals surface area contributed by atoms with E-state index in [-0.39, 0.29) is 17.6 Å². The van der Waals surface area contributed by atoms with Gasteiger partial charge in [-0.1, -0.05) is 13.0 Å². The zero-order chi connectivity index (χ0) is 20.9. The third-order valence-electron chi connectivity index (χ3n) is 5.24. The summed E-state index contributed by atoms with van der Waals surface area (Å²) < 4.78 is 45.5. The number of ether oxygens (including phenoxy) is 1. The van der Waals surface area contributed by atoms with Crippen LogP contribution in [-0.2, 0) is 22.3 Å². The van der Waals surface area contributed by atoms with Crippen molar-refractivity contribution in [3.05, 3.63) is 63.4 Å². The molecule has 1 aromatic carbocycles. The number of esters is 1. The third kappa shape index (κ3) is 3.18. The van der Waals surface area contributed by atoms with Gasteiger partial charge in [0.15, 0.2) is 0 Å². The minimum absolute atomic E-state index is 0.199. The van der Waals surface area contributed by atoms with E-state index in [4.69, 9.17) is 4.74 Å². The summed E-state index contributed by atoms with van der Waals surface area (Å²) in [4.78, 5) is 29.1. The van der Waals surface area contributed by atoms with Gasteiger partial charge in [-0.05, 0) is 36.2 Å². The number of benzene rings is 1. The van der Waals surface area contributed by atoms with Crippen LogP contribution in [0.4, 0.5) is 13.2 Å². The summed E-state index contributed by atoms with van der Waals surface area (Å²) in [7, 11) is 1.28. The van der Waals surface area contributed by atoms with E-state index < -0.39 is 23.6 Å². The van der Waals surface area contributed by atoms with Crippen LogP contribution in [0.2, 0.25) is 0 Å². The number of methoxy groups -OCH3 is 1. The van der Waals surface area contributed by atoms with E-state index in [9.17, 15) is 22.8 Å². The average Bonchev–Trinajstić information content (AvgIpc) is 3.03. The van der Waals surface area contributed by atoms with E-state index in [0.717, 1.165) is 17.7 Å². The number of pyridine rings is 2. The van der Waals surface area contributed by atoms with Crippen LogP contribution in [0.5, 0.6) is 0 Å². The van der Waals surface area contributed by atoms with Crippen LogP contribution in [-0.4, -0.2) is 22.6 Å². The van der Waals surface area contributed by atoms with Crippen LogP contribution in [0.15, 0.2) is 41.2 Å². The number of fused-ring (bicyclic) bond motifs is 4. The lowest BCUT2D eigenvalue weighted by Crippen LogP contribution is -2.22. The molecule has 5 nitrogen and oxygen atoms in total. The second kappa shape index (κ2) is 6.72. The molecule has 29 heavy (non-hydrogen) atoms. The fourth-order valence-corrected chi connectivity index (χ4v) is 3.76. The van der Waals surface area contributed by atoms with Crippen molar-refractivity contribution in [1.29, 1.82) is 0 Å². The first-order valence-corrected chi connectivity index (χ1v) is 9.06. The van der Waals surface area contributed by atoms with Crippen molar-refractivity contribution in [3.63, 3.8) is 0 Å². The first-order chi connectivity index (χ1) is 13.7. The zero-order valence-corrected chi connectivity index (χ0v) is 15.7. The molecule has 1 unspecified atom stereocenters. The highest BCUT2D eigenvalue weighted by Gasteiger charge is 2.31. The van der Waals surface area contributed by atoms with Gasteiger partial charge in [0.25, 0.3) is 5.56 Å². The van der Waals surface area contributed by atoms with Crippen molar-refractivity contribution < 1.29 is 22.7 Å². The predicted molar refractivity (Wildman–Crippen MR) is 101 cm³/mol. The number of carbonyl (C=O) groups excluding carboxylic acids is 1. The molecule has 0 bridgehead atoms. The van der Waals surface area contributed by atoms with Gasteiger partial charge in [-0.25, -0.2) is 4.98 Å². The van der Waals surface area contributed by atoms with Gasteiger partial charge < -0.3 is 9.30 Å². The lowest BCUT2D eigenvalue weighted by atomic mass is 9.96. The molecule has 3 aromatic rings. The number of aromatic nitrogens is 2. The Balaban J connectivity index is 1.89. The summed E-state index contributed by atoms with van der Waals surface area (Å²) in [5, 5.41) is 0.568. The Morgan fingerprint density at radius 3 is 2.66 bits per heavy atom. The van der Waals surface area contributed by atoms with Gasteiger partial charge in [0.1, 0.15) is 0 Å². The SMILES string of the molecule is CCC(C(=O)OC)c1cc2n(c(=O)c1)Cc1cc3ccc(C(F)(F)F)cc3nc1-2. The summed E-state index contributed by atoms with van der Waals surface area (Å²) >= 11 is 0. The first kappa shape index (κ1) is 19.2. The molecule has 0 N–H and O–H groups in total. The molecular weight excluding hydrogens is 385 g/mol. The molecule has 0 spiro atoms. The van der Waals surface area contributed by atoms with Crippen molar-refractivity contribution in [2.75, 3.05) is 7.11 Å². The standard InChI is InChI=1S/C21H17F3N2O3/c1-3-15(20(28)29-2)12-7-17-19-13(10-26(17)18(27)8-12)6-11-4-5-14(21(22,23)24)9-16(11)25-19/h4-9,15H,3,10H2,1-2H3. The van der Waals surface area contributed by atoms with Crippen molar-refractivity contribution in [2.24, 2.45) is 0 Å². The van der Waals surface area contributed by atoms with Crippen molar-refractivity contribution >= 4 is 16.9 Å². The fraction of sp³-hybridized carbons (Fsp3) is 0.286. The molecule has 4 rings (SSSR count). The summed E-state index contributed by atoms with van der Waals surface area (Å²) in [5.74, 6) is -1.05. The Morgan fingerprint density at radius 1 is 1.24 bits per heavy atom. The van der Waals surface area contributed by atoms with Gasteiger partial charge in [0.05, 0.1) is 42.0 Å². The molecule has 0 fully saturated rings. The number of nitrogens with zero attached hydrogens (tertiary/aromatic N) is 2. The molecule has 150 valence electrons. The summed E-state index contributed by atoms with van der Waals surface area (Å²) in [6.45, 7) is 2.09. The predicted octanol–water partition coefficient (Wildman–Crippen LogP) is 4.11. The normalized spacial score (nSPS) is 13.8. The first-order valence-electron chi connectivity index (χ1n) is 9.06. The molecule has 1 aliphatic rings. The summed E-state index contributed by atoms with van der Waals surface area (Å²) in [6, 6.07) is 8.26. The maximum atomic E-state index is 13.1. The minimum atomic E-state index is -4.47. The number of carbonyl (C=O) groups is 1. The van der Waals surface area contributed by atoms with Gasteiger partial charge >= 0.3 is 12.1 Å². The van der Waals surface area contributed by atoms with Crippen LogP contribution in [0.3, 0.4) is 0 Å². The molecule has 1 atom stereocenters. The van der Waals surface area contributed by atoms with Gasteiger partial charge in [0, 0.05) is 17.0 Å². The molecule has 0 saturated carbocycles. The van der Waals surface area contributed by atoms with Crippen LogP contribution in [0.1, 0.15) is 36.0 Å². The summed E-state index contributed by atoms with van der Waals surface area (Å²) in [5.41, 5.74) is 1.33. The Hall–Kier alpha value is -3.16. The van der Waals surface area contributed by atoms with E-state index in [1.54, 1.807) is 12.1 Å². The molecule has 0 radical (unpaired) electrons. The van der Waals surface area contributed by atoms with Gasteiger partial charge in [-0.3, -0.25) is 9.59 Å². The van der Waals surface area contributed by atoms with Gasteiger partial charge in [-0.15, -0.1) is 0 Å². The fourth-order valence-electron chi connectivity index (χ4n) is 3.76. The van der Waals surface area contributed by atoms with E-state index in [0.29, 0.717) is 28.8 Å². The molecule has 2 aromatic heterocycles. The second-order valence-corrected chi connectivity index (χ2v) is 6.98. The lowest BCUT2D eigenvalue weighted by molar-refractivity contribution is -0.142. The smallest absolute Gasteiger partial charge is 0.416 e. The Bertz CT molecular complexity index is 1200. The Kier molecular flexibility index (Phi) is 4.44. The minimum Gasteiger partial charge on any atom is -0.469 e. The highest BCUT2D eigenvalue weighted by molar-refractivity contribution is 5.85. The number of rotatable bonds is 3. The number of hydrogen-bond acceptors (Lipinski definition) is 4. The van der Waals surface area contributed by atoms with Crippen LogP contribution in [0, 0.1) is 0 Å². The van der Waals surface area contributed by atoms with Crippen LogP contribution in [0.25, 0.3) is 22.3 Å². The average molecular weight is 402 g/mol. The zero-order valence-electron chi connectivity index (χ0n) is 15.7. The number of halogens is 3. The third-order valence-corrected chi connectivity index (χ3v) is 5.24. The topological polar surface area (TPSA) is 61.2 Å². The molecule has 0 amide bonds. The van der Waals surface area contributed by atoms with E-state index in [2.05, 4.69) is 4.98 Å². The lowest BCUT2D eigenvalue weighted by Gasteiger charge is -2.14. The van der Waals surface area contributed by atoms with Gasteiger partial charge in [0.2, 0.25) is 0 Å². The molecule has 8 heteroatoms. The second-order valence-electron chi connectivity index (χ2n) is 6.98. The van der Waals surface area contributed by atoms with Crippen molar-refractivity contribution in [1.82, 2.24) is 9.55 Å². The van der Waals surface area contributed by atoms with E-state index in [1.807, 2.05) is 6.92 Å². The highest BCUT2D eigenvalue weighted by atomic mass is 19.4. The van der Waals surface area contributed by atoms with Crippen LogP contribution < -0.4 is 5.56 Å². The molecule has 0 saturated heterocycles. The van der Waals surface area contributed by atoms with Crippen LogP contribution >= 0.6 is 0 Å². The van der Waals surface area contributed by atoms with E-state index in [1.165, 1.54) is 23.8 Å². The molecular formula is C21H17F3N2O3. The quantitative estimate of drug-likeness (QED) is 0.484. The monoisotopic (exact) mass is 402 g/mol. The van der Waals surface area contributed by atoms with Gasteiger partial charge in [-0.2, -0.15) is 13.2 Å². The van der Waals surface area contributed by atoms with E-state index >= 15 is 0 Å². The van der Waals surface area contributed by atoms with Crippen molar-refractivity contribution in [3.8, 4) is 11.4 Å². The van der Waals surface area contributed by atoms with Crippen molar-refractivity contribution in [2.45, 2.75) is 32.0 Å². The summed E-state index contributed by atoms with van der Waals surface area (Å²) in [6.07, 6.45) is -4.02. The maximum absolute atomic E-state index is 13.1. The molecule has 0 aliphatic carbocycles. The highest BCUT2D eigenvalue weighted by Crippen LogP contribution is 2.36. The number of alkyl halides is 3. The number of hydrogen-bond donors (Lipinski definition) is 0. The Labute approximate surface area is 163 Å². The maximum Gasteiger partial charge on any atom is 0.416 e.